The standard InChI is InChI=1S/C67H49N5/c1-66(2)56-30-14-12-27-53(56)61-54(28-17-31-57(61)66)65-71-63(45-34-32-43(33-35-45)42-18-7-5-8-19-42)70-64(72-65)50-25-16-23-47(39-50)46-22-15-24-48(38-46)59-41-60(69-62(68-59)44-20-9-6-10-21-44)49-36-37-52-51-26-11-13-29-55(51)67(3,4)58(52)40-49/h5-41H,1-4H3. The van der Waals surface area contributed by atoms with Gasteiger partial charge in [-0.25, -0.2) is 24.9 Å². The van der Waals surface area contributed by atoms with E-state index in [9.17, 15) is 0 Å². The molecule has 11 aromatic rings. The third-order valence-electron chi connectivity index (χ3n) is 15.0. The van der Waals surface area contributed by atoms with E-state index >= 15 is 0 Å². The van der Waals surface area contributed by atoms with Crippen LogP contribution in [0.5, 0.6) is 0 Å². The van der Waals surface area contributed by atoms with Crippen molar-refractivity contribution in [1.29, 1.82) is 0 Å². The van der Waals surface area contributed by atoms with Crippen LogP contribution in [-0.4, -0.2) is 24.9 Å². The van der Waals surface area contributed by atoms with E-state index in [1.165, 1.54) is 44.5 Å². The third-order valence-corrected chi connectivity index (χ3v) is 15.0. The predicted octanol–water partition coefficient (Wildman–Crippen LogP) is 16.6. The molecule has 0 fully saturated rings. The van der Waals surface area contributed by atoms with Gasteiger partial charge in [0, 0.05) is 44.2 Å². The quantitative estimate of drug-likeness (QED) is 0.152. The highest BCUT2D eigenvalue weighted by Gasteiger charge is 2.38. The summed E-state index contributed by atoms with van der Waals surface area (Å²) < 4.78 is 0. The van der Waals surface area contributed by atoms with Gasteiger partial charge in [-0.1, -0.05) is 228 Å². The summed E-state index contributed by atoms with van der Waals surface area (Å²) in [5, 5.41) is 0. The van der Waals surface area contributed by atoms with Crippen LogP contribution in [0.25, 0.3) is 113 Å². The molecule has 0 saturated carbocycles. The van der Waals surface area contributed by atoms with Gasteiger partial charge < -0.3 is 0 Å². The van der Waals surface area contributed by atoms with Crippen LogP contribution in [0.1, 0.15) is 49.9 Å². The lowest BCUT2D eigenvalue weighted by Gasteiger charge is -2.22. The van der Waals surface area contributed by atoms with E-state index in [2.05, 4.69) is 228 Å². The van der Waals surface area contributed by atoms with Crippen LogP contribution in [0.3, 0.4) is 0 Å². The lowest BCUT2D eigenvalue weighted by molar-refractivity contribution is 0.660. The average molecular weight is 924 g/mol. The molecule has 0 radical (unpaired) electrons. The Bertz CT molecular complexity index is 3910. The van der Waals surface area contributed by atoms with Gasteiger partial charge in [-0.2, -0.15) is 0 Å². The van der Waals surface area contributed by atoms with E-state index in [1.54, 1.807) is 0 Å². The fraction of sp³-hybridized carbons (Fsp3) is 0.0896. The van der Waals surface area contributed by atoms with Crippen LogP contribution in [-0.2, 0) is 10.8 Å². The normalized spacial score (nSPS) is 13.5. The molecule has 0 amide bonds. The fourth-order valence-corrected chi connectivity index (χ4v) is 11.2. The van der Waals surface area contributed by atoms with Crippen LogP contribution in [0.4, 0.5) is 0 Å². The Morgan fingerprint density at radius 3 is 1.35 bits per heavy atom. The number of rotatable bonds is 8. The maximum atomic E-state index is 5.34. The van der Waals surface area contributed by atoms with Gasteiger partial charge >= 0.3 is 0 Å². The highest BCUT2D eigenvalue weighted by Crippen LogP contribution is 2.52. The van der Waals surface area contributed by atoms with Gasteiger partial charge in [0.25, 0.3) is 0 Å². The summed E-state index contributed by atoms with van der Waals surface area (Å²) in [7, 11) is 0. The van der Waals surface area contributed by atoms with Crippen molar-refractivity contribution in [1.82, 2.24) is 24.9 Å². The number of benzene rings is 9. The summed E-state index contributed by atoms with van der Waals surface area (Å²) in [6.07, 6.45) is 0. The molecule has 5 nitrogen and oxygen atoms in total. The largest absolute Gasteiger partial charge is 0.228 e. The molecule has 342 valence electrons. The number of fused-ring (bicyclic) bond motifs is 6. The Labute approximate surface area is 420 Å². The molecule has 13 rings (SSSR count). The van der Waals surface area contributed by atoms with E-state index in [4.69, 9.17) is 24.9 Å². The summed E-state index contributed by atoms with van der Waals surface area (Å²) >= 11 is 0. The maximum absolute atomic E-state index is 5.34. The number of hydrogen-bond donors (Lipinski definition) is 0. The van der Waals surface area contributed by atoms with Crippen molar-refractivity contribution in [2.45, 2.75) is 38.5 Å². The molecule has 0 bridgehead atoms. The summed E-state index contributed by atoms with van der Waals surface area (Å²) in [6, 6.07) is 79.4. The molecule has 9 aromatic carbocycles. The number of hydrogen-bond acceptors (Lipinski definition) is 5. The third kappa shape index (κ3) is 7.27. The van der Waals surface area contributed by atoms with Crippen LogP contribution in [0.15, 0.2) is 224 Å². The molecule has 0 aliphatic heterocycles. The monoisotopic (exact) mass is 923 g/mol. The molecule has 0 saturated heterocycles. The second-order valence-corrected chi connectivity index (χ2v) is 20.1. The molecule has 2 aliphatic carbocycles. The van der Waals surface area contributed by atoms with Gasteiger partial charge in [0.1, 0.15) is 0 Å². The highest BCUT2D eigenvalue weighted by molar-refractivity contribution is 5.92. The smallest absolute Gasteiger partial charge is 0.164 e. The Hall–Kier alpha value is -8.93. The van der Waals surface area contributed by atoms with Crippen molar-refractivity contribution in [3.05, 3.63) is 247 Å². The Morgan fingerprint density at radius 1 is 0.236 bits per heavy atom. The first-order valence-corrected chi connectivity index (χ1v) is 24.7. The Morgan fingerprint density at radius 2 is 0.639 bits per heavy atom. The lowest BCUT2D eigenvalue weighted by Crippen LogP contribution is -2.14. The second-order valence-electron chi connectivity index (χ2n) is 20.1. The van der Waals surface area contributed by atoms with Crippen molar-refractivity contribution in [2.24, 2.45) is 0 Å². The van der Waals surface area contributed by atoms with Crippen molar-refractivity contribution < 1.29 is 0 Å². The molecule has 2 aliphatic rings. The van der Waals surface area contributed by atoms with E-state index in [1.807, 2.05) is 24.3 Å². The van der Waals surface area contributed by atoms with Crippen LogP contribution >= 0.6 is 0 Å². The highest BCUT2D eigenvalue weighted by atomic mass is 15.0. The molecule has 0 atom stereocenters. The van der Waals surface area contributed by atoms with E-state index < -0.39 is 0 Å². The van der Waals surface area contributed by atoms with Crippen molar-refractivity contribution in [3.8, 4) is 113 Å². The van der Waals surface area contributed by atoms with Crippen molar-refractivity contribution >= 4 is 0 Å². The minimum atomic E-state index is -0.167. The number of nitrogens with zero attached hydrogens (tertiary/aromatic N) is 5. The molecule has 72 heavy (non-hydrogen) atoms. The first-order valence-electron chi connectivity index (χ1n) is 24.7. The predicted molar refractivity (Wildman–Crippen MR) is 294 cm³/mol. The van der Waals surface area contributed by atoms with Crippen LogP contribution < -0.4 is 0 Å². The Kier molecular flexibility index (Phi) is 10.1. The lowest BCUT2D eigenvalue weighted by atomic mass is 9.82. The minimum Gasteiger partial charge on any atom is -0.228 e. The molecule has 2 aromatic heterocycles. The first-order chi connectivity index (χ1) is 35.2. The Balaban J connectivity index is 0.912. The average Bonchev–Trinajstić information content (AvgIpc) is 3.82. The molecule has 0 N–H and O–H groups in total. The topological polar surface area (TPSA) is 64.5 Å². The van der Waals surface area contributed by atoms with Gasteiger partial charge in [-0.3, -0.25) is 0 Å². The second kappa shape index (κ2) is 16.9. The van der Waals surface area contributed by atoms with Crippen LogP contribution in [0, 0.1) is 0 Å². The fourth-order valence-electron chi connectivity index (χ4n) is 11.2. The maximum Gasteiger partial charge on any atom is 0.164 e. The molecule has 2 heterocycles. The molecule has 0 spiro atoms. The van der Waals surface area contributed by atoms with Crippen LogP contribution in [0.2, 0.25) is 0 Å². The van der Waals surface area contributed by atoms with Crippen molar-refractivity contribution in [3.63, 3.8) is 0 Å². The van der Waals surface area contributed by atoms with E-state index in [0.29, 0.717) is 23.3 Å². The number of aromatic nitrogens is 5. The zero-order valence-electron chi connectivity index (χ0n) is 40.6. The van der Waals surface area contributed by atoms with Gasteiger partial charge in [-0.15, -0.1) is 0 Å². The SMILES string of the molecule is CC1(C)c2ccccc2-c2ccc(-c3cc(-c4cccc(-c5cccc(-c6nc(-c7ccc(-c8ccccc8)cc7)nc(-c7cccc8c7-c7ccccc7C8(C)C)n6)c5)c4)nc(-c4ccccc4)n3)cc21. The summed E-state index contributed by atoms with van der Waals surface area (Å²) in [5.74, 6) is 2.56. The molecule has 0 unspecified atom stereocenters. The van der Waals surface area contributed by atoms with Gasteiger partial charge in [-0.05, 0) is 91.0 Å². The minimum absolute atomic E-state index is 0.132. The van der Waals surface area contributed by atoms with Crippen molar-refractivity contribution in [2.75, 3.05) is 0 Å². The van der Waals surface area contributed by atoms with Gasteiger partial charge in [0.05, 0.1) is 11.4 Å². The summed E-state index contributed by atoms with van der Waals surface area (Å²) in [6.45, 7) is 9.25. The zero-order valence-corrected chi connectivity index (χ0v) is 40.6. The summed E-state index contributed by atoms with van der Waals surface area (Å²) in [5.41, 5.74) is 21.9. The zero-order chi connectivity index (χ0) is 48.6. The summed E-state index contributed by atoms with van der Waals surface area (Å²) in [4.78, 5) is 26.3. The van der Waals surface area contributed by atoms with E-state index in [0.717, 1.165) is 67.0 Å². The first kappa shape index (κ1) is 43.1. The van der Waals surface area contributed by atoms with Gasteiger partial charge in [0.2, 0.25) is 0 Å². The molecular formula is C67H49N5. The molecule has 5 heteroatoms. The molecular weight excluding hydrogens is 875 g/mol. The van der Waals surface area contributed by atoms with Gasteiger partial charge in [0.15, 0.2) is 23.3 Å². The van der Waals surface area contributed by atoms with E-state index in [-0.39, 0.29) is 10.8 Å².